The normalized spacial score (nSPS) is 39.3. The van der Waals surface area contributed by atoms with E-state index in [0.717, 1.165) is 28.9 Å². The van der Waals surface area contributed by atoms with Crippen molar-refractivity contribution in [1.82, 2.24) is 0 Å². The molecule has 0 bridgehead atoms. The Morgan fingerprint density at radius 3 is 2.62 bits per heavy atom. The lowest BCUT2D eigenvalue weighted by atomic mass is 9.60. The molecule has 2 nitrogen and oxygen atoms in total. The van der Waals surface area contributed by atoms with Gasteiger partial charge in [0.25, 0.3) is 0 Å². The number of fused-ring (bicyclic) bond motifs is 1. The Hall–Kier alpha value is -0.860. The van der Waals surface area contributed by atoms with E-state index < -0.39 is 12.2 Å². The van der Waals surface area contributed by atoms with Crippen molar-refractivity contribution >= 4 is 0 Å². The molecule has 1 unspecified atom stereocenters. The molecule has 0 radical (unpaired) electrons. The van der Waals surface area contributed by atoms with E-state index >= 15 is 0 Å². The van der Waals surface area contributed by atoms with Crippen molar-refractivity contribution in [3.63, 3.8) is 0 Å². The first kappa shape index (κ1) is 22.8. The molecule has 0 aromatic carbocycles. The second-order valence-electron chi connectivity index (χ2n) is 11.0. The van der Waals surface area contributed by atoms with Gasteiger partial charge in [-0.25, -0.2) is 0 Å². The van der Waals surface area contributed by atoms with Crippen LogP contribution in [-0.2, 0) is 0 Å². The summed E-state index contributed by atoms with van der Waals surface area (Å²) in [6.07, 6.45) is 15.2. The molecule has 29 heavy (non-hydrogen) atoms. The lowest BCUT2D eigenvalue weighted by molar-refractivity contribution is 0.0861. The molecule has 0 aromatic rings. The zero-order valence-corrected chi connectivity index (χ0v) is 19.3. The first-order chi connectivity index (χ1) is 13.7. The highest BCUT2D eigenvalue weighted by Gasteiger charge is 2.50. The van der Waals surface area contributed by atoms with E-state index in [2.05, 4.69) is 46.4 Å². The molecule has 3 fully saturated rings. The summed E-state index contributed by atoms with van der Waals surface area (Å²) in [5.41, 5.74) is 3.88. The average Bonchev–Trinajstić information content (AvgIpc) is 3.00. The Morgan fingerprint density at radius 1 is 1.14 bits per heavy atom. The minimum atomic E-state index is -0.595. The van der Waals surface area contributed by atoms with Crippen LogP contribution in [0.4, 0.5) is 0 Å². The third-order valence-corrected chi connectivity index (χ3v) is 8.43. The Balaban J connectivity index is 1.71. The van der Waals surface area contributed by atoms with E-state index in [0.29, 0.717) is 24.2 Å². The average molecular weight is 401 g/mol. The Morgan fingerprint density at radius 2 is 1.90 bits per heavy atom. The van der Waals surface area contributed by atoms with Crippen molar-refractivity contribution in [3.05, 3.63) is 35.5 Å². The fourth-order valence-corrected chi connectivity index (χ4v) is 6.73. The smallest absolute Gasteiger partial charge is 0.0811 e. The van der Waals surface area contributed by atoms with Crippen LogP contribution in [0.1, 0.15) is 91.9 Å². The van der Waals surface area contributed by atoms with Crippen LogP contribution in [0.15, 0.2) is 35.5 Å². The topological polar surface area (TPSA) is 40.5 Å². The number of hydrogen-bond acceptors (Lipinski definition) is 2. The molecule has 0 aromatic heterocycles. The van der Waals surface area contributed by atoms with Crippen molar-refractivity contribution in [2.24, 2.45) is 29.1 Å². The summed E-state index contributed by atoms with van der Waals surface area (Å²) >= 11 is 0. The fraction of sp³-hybridized carbons (Fsp3) is 0.778. The molecule has 0 amide bonds. The molecule has 6 atom stereocenters. The van der Waals surface area contributed by atoms with Gasteiger partial charge < -0.3 is 10.2 Å². The maximum absolute atomic E-state index is 10.1. The Bertz CT molecular complexity index is 643. The van der Waals surface area contributed by atoms with Crippen molar-refractivity contribution < 1.29 is 10.2 Å². The van der Waals surface area contributed by atoms with Gasteiger partial charge in [0, 0.05) is 6.42 Å². The summed E-state index contributed by atoms with van der Waals surface area (Å²) in [7, 11) is 0. The summed E-state index contributed by atoms with van der Waals surface area (Å²) < 4.78 is 0. The predicted octanol–water partition coefficient (Wildman–Crippen LogP) is 6.59. The lowest BCUT2D eigenvalue weighted by Crippen LogP contribution is -2.36. The SMILES string of the molecule is C=C1/C(=C/C=C2\CCC[C@]3(C)[C@@H]([C@H](C)CCCC(C)C)CC[C@@H]23)C[C@H](O)CC1O. The summed E-state index contributed by atoms with van der Waals surface area (Å²) in [4.78, 5) is 0. The second-order valence-corrected chi connectivity index (χ2v) is 11.0. The largest absolute Gasteiger partial charge is 0.393 e. The summed E-state index contributed by atoms with van der Waals surface area (Å²) in [5.74, 6) is 3.20. The van der Waals surface area contributed by atoms with Crippen molar-refractivity contribution in [1.29, 1.82) is 0 Å². The monoisotopic (exact) mass is 400 g/mol. The molecule has 3 rings (SSSR count). The molecule has 0 heterocycles. The maximum atomic E-state index is 10.1. The van der Waals surface area contributed by atoms with Crippen molar-refractivity contribution in [3.8, 4) is 0 Å². The zero-order chi connectivity index (χ0) is 21.2. The quantitative estimate of drug-likeness (QED) is 0.528. The molecule has 2 N–H and O–H groups in total. The third kappa shape index (κ3) is 5.07. The van der Waals surface area contributed by atoms with Crippen LogP contribution in [0.5, 0.6) is 0 Å². The number of hydrogen-bond donors (Lipinski definition) is 2. The van der Waals surface area contributed by atoms with Crippen LogP contribution < -0.4 is 0 Å². The molecular formula is C27H44O2. The second kappa shape index (κ2) is 9.52. The highest BCUT2D eigenvalue weighted by molar-refractivity contribution is 5.38. The molecule has 0 spiro atoms. The number of rotatable bonds is 6. The van der Waals surface area contributed by atoms with Gasteiger partial charge >= 0.3 is 0 Å². The van der Waals surface area contributed by atoms with E-state index in [-0.39, 0.29) is 0 Å². The maximum Gasteiger partial charge on any atom is 0.0811 e. The van der Waals surface area contributed by atoms with Gasteiger partial charge in [0.2, 0.25) is 0 Å². The lowest BCUT2D eigenvalue weighted by Gasteiger charge is -2.44. The van der Waals surface area contributed by atoms with Gasteiger partial charge in [-0.1, -0.05) is 71.3 Å². The Labute approximate surface area is 179 Å². The van der Waals surface area contributed by atoms with Crippen LogP contribution >= 0.6 is 0 Å². The number of aliphatic hydroxyl groups is 2. The predicted molar refractivity (Wildman–Crippen MR) is 123 cm³/mol. The zero-order valence-electron chi connectivity index (χ0n) is 19.3. The van der Waals surface area contributed by atoms with E-state index in [4.69, 9.17) is 0 Å². The van der Waals surface area contributed by atoms with E-state index in [1.54, 1.807) is 5.57 Å². The van der Waals surface area contributed by atoms with Gasteiger partial charge in [0.05, 0.1) is 12.2 Å². The van der Waals surface area contributed by atoms with Gasteiger partial charge in [-0.15, -0.1) is 0 Å². The first-order valence-corrected chi connectivity index (χ1v) is 12.2. The Kier molecular flexibility index (Phi) is 7.49. The molecule has 3 saturated carbocycles. The van der Waals surface area contributed by atoms with Gasteiger partial charge in [0.1, 0.15) is 0 Å². The summed E-state index contributed by atoms with van der Waals surface area (Å²) in [6, 6.07) is 0. The fourth-order valence-electron chi connectivity index (χ4n) is 6.73. The van der Waals surface area contributed by atoms with Crippen LogP contribution in [-0.4, -0.2) is 22.4 Å². The minimum Gasteiger partial charge on any atom is -0.393 e. The highest BCUT2D eigenvalue weighted by Crippen LogP contribution is 2.59. The minimum absolute atomic E-state index is 0.420. The van der Waals surface area contributed by atoms with Gasteiger partial charge in [-0.3, -0.25) is 0 Å². The molecule has 0 saturated heterocycles. The van der Waals surface area contributed by atoms with Crippen LogP contribution in [0, 0.1) is 29.1 Å². The van der Waals surface area contributed by atoms with E-state index in [1.807, 2.05) is 0 Å². The van der Waals surface area contributed by atoms with Crippen LogP contribution in [0.3, 0.4) is 0 Å². The van der Waals surface area contributed by atoms with Gasteiger partial charge in [-0.05, 0) is 78.8 Å². The molecular weight excluding hydrogens is 356 g/mol. The summed E-state index contributed by atoms with van der Waals surface area (Å²) in [5, 5.41) is 20.2. The molecule has 164 valence electrons. The van der Waals surface area contributed by atoms with Crippen LogP contribution in [0.25, 0.3) is 0 Å². The molecule has 3 aliphatic rings. The van der Waals surface area contributed by atoms with Crippen LogP contribution in [0.2, 0.25) is 0 Å². The number of aliphatic hydroxyl groups excluding tert-OH is 2. The molecule has 2 heteroatoms. The molecule has 0 aliphatic heterocycles. The van der Waals surface area contributed by atoms with Gasteiger partial charge in [0.15, 0.2) is 0 Å². The van der Waals surface area contributed by atoms with Crippen molar-refractivity contribution in [2.45, 2.75) is 104 Å². The van der Waals surface area contributed by atoms with Crippen molar-refractivity contribution in [2.75, 3.05) is 0 Å². The highest BCUT2D eigenvalue weighted by atomic mass is 16.3. The summed E-state index contributed by atoms with van der Waals surface area (Å²) in [6.45, 7) is 13.8. The molecule has 3 aliphatic carbocycles. The van der Waals surface area contributed by atoms with Gasteiger partial charge in [-0.2, -0.15) is 0 Å². The third-order valence-electron chi connectivity index (χ3n) is 8.43. The number of allylic oxidation sites excluding steroid dienone is 3. The van der Waals surface area contributed by atoms with E-state index in [1.165, 1.54) is 51.4 Å². The first-order valence-electron chi connectivity index (χ1n) is 12.2. The van der Waals surface area contributed by atoms with E-state index in [9.17, 15) is 10.2 Å². The standard InChI is InChI=1S/C27H44O2/c1-18(2)8-6-9-19(3)24-13-14-25-21(10-7-15-27(24,25)5)11-12-22-16-23(28)17-26(29)20(22)4/h11-12,18-19,23-26,28-29H,4,6-10,13-17H2,1-3,5H3/b21-11+,22-12+/t19-,23+,24-,25+,26?,27-/m1/s1.